The number of aromatic nitrogens is 2. The highest BCUT2D eigenvalue weighted by molar-refractivity contribution is 7.20. The van der Waals surface area contributed by atoms with Gasteiger partial charge in [0.05, 0.1) is 23.4 Å². The number of para-hydroxylation sites is 1. The van der Waals surface area contributed by atoms with E-state index in [-0.39, 0.29) is 34.9 Å². The van der Waals surface area contributed by atoms with Gasteiger partial charge in [-0.1, -0.05) is 18.2 Å². The van der Waals surface area contributed by atoms with Crippen LogP contribution in [0.15, 0.2) is 48.5 Å². The lowest BCUT2D eigenvalue weighted by Gasteiger charge is -2.26. The Labute approximate surface area is 234 Å². The molecule has 206 valence electrons. The standard InChI is InChI=1S/C29H29N5O5S/c1-39-23-9-4-7-18-17(23)15-21(31-18)29(38)34-13-5-8-22(34)27(37)32-20(14-16-11-12-30-26(16)36)25(35)28-33-19-6-2-3-10-24(19)40-28/h2-4,6-7,9-10,15-16,20,22,31H,5,8,11-14H2,1H3,(H,30,36)(H,32,37)/t16-,20-,22-/m0/s1. The third-order valence-corrected chi connectivity index (χ3v) is 8.76. The molecule has 2 saturated heterocycles. The van der Waals surface area contributed by atoms with E-state index in [2.05, 4.69) is 20.6 Å². The molecule has 0 bridgehead atoms. The van der Waals surface area contributed by atoms with Crippen LogP contribution in [0.25, 0.3) is 21.1 Å². The van der Waals surface area contributed by atoms with Gasteiger partial charge in [0.25, 0.3) is 5.91 Å². The second kappa shape index (κ2) is 10.7. The molecular formula is C29H29N5O5S. The first kappa shape index (κ1) is 26.0. The van der Waals surface area contributed by atoms with Gasteiger partial charge in [-0.2, -0.15) is 0 Å². The predicted octanol–water partition coefficient (Wildman–Crippen LogP) is 3.28. The summed E-state index contributed by atoms with van der Waals surface area (Å²) < 4.78 is 6.29. The van der Waals surface area contributed by atoms with E-state index in [4.69, 9.17) is 4.74 Å². The monoisotopic (exact) mass is 559 g/mol. The average molecular weight is 560 g/mol. The highest BCUT2D eigenvalue weighted by Gasteiger charge is 2.39. The van der Waals surface area contributed by atoms with E-state index < -0.39 is 18.0 Å². The molecule has 4 heterocycles. The van der Waals surface area contributed by atoms with E-state index in [0.29, 0.717) is 49.3 Å². The first-order chi connectivity index (χ1) is 19.4. The second-order valence-electron chi connectivity index (χ2n) is 10.2. The molecule has 0 unspecified atom stereocenters. The Morgan fingerprint density at radius 2 is 2.02 bits per heavy atom. The number of hydrogen-bond donors (Lipinski definition) is 3. The molecule has 6 rings (SSSR count). The number of ketones is 1. The van der Waals surface area contributed by atoms with Crippen molar-refractivity contribution in [3.05, 3.63) is 59.2 Å². The van der Waals surface area contributed by atoms with Crippen LogP contribution in [0.3, 0.4) is 0 Å². The fourth-order valence-electron chi connectivity index (χ4n) is 5.64. The maximum absolute atomic E-state index is 13.7. The third-order valence-electron chi connectivity index (χ3n) is 7.71. The van der Waals surface area contributed by atoms with Gasteiger partial charge in [0.15, 0.2) is 5.01 Å². The largest absolute Gasteiger partial charge is 0.496 e. The van der Waals surface area contributed by atoms with Crippen LogP contribution in [0.2, 0.25) is 0 Å². The Kier molecular flexibility index (Phi) is 6.97. The van der Waals surface area contributed by atoms with Gasteiger partial charge < -0.3 is 25.3 Å². The van der Waals surface area contributed by atoms with E-state index in [0.717, 1.165) is 15.6 Å². The minimum atomic E-state index is -0.934. The Hall–Kier alpha value is -4.25. The van der Waals surface area contributed by atoms with Crippen molar-refractivity contribution in [3.63, 3.8) is 0 Å². The predicted molar refractivity (Wildman–Crippen MR) is 151 cm³/mol. The van der Waals surface area contributed by atoms with Crippen LogP contribution in [0, 0.1) is 5.92 Å². The van der Waals surface area contributed by atoms with Crippen LogP contribution in [-0.2, 0) is 9.59 Å². The van der Waals surface area contributed by atoms with Crippen molar-refractivity contribution < 1.29 is 23.9 Å². The van der Waals surface area contributed by atoms with Crippen molar-refractivity contribution in [2.24, 2.45) is 5.92 Å². The van der Waals surface area contributed by atoms with Crippen LogP contribution < -0.4 is 15.4 Å². The number of thiazole rings is 1. The van der Waals surface area contributed by atoms with E-state index in [1.165, 1.54) is 11.3 Å². The highest BCUT2D eigenvalue weighted by atomic mass is 32.1. The first-order valence-corrected chi connectivity index (χ1v) is 14.2. The fraction of sp³-hybridized carbons (Fsp3) is 0.345. The van der Waals surface area contributed by atoms with Crippen LogP contribution >= 0.6 is 11.3 Å². The zero-order valence-electron chi connectivity index (χ0n) is 21.9. The molecule has 0 saturated carbocycles. The lowest BCUT2D eigenvalue weighted by atomic mass is 9.95. The molecule has 2 aromatic carbocycles. The summed E-state index contributed by atoms with van der Waals surface area (Å²) in [5.74, 6) is -0.879. The van der Waals surface area contributed by atoms with Crippen molar-refractivity contribution in [2.75, 3.05) is 20.2 Å². The maximum Gasteiger partial charge on any atom is 0.270 e. The molecular weight excluding hydrogens is 530 g/mol. The van der Waals surface area contributed by atoms with Crippen molar-refractivity contribution in [1.29, 1.82) is 0 Å². The van der Waals surface area contributed by atoms with Crippen molar-refractivity contribution in [1.82, 2.24) is 25.5 Å². The number of carbonyl (C=O) groups excluding carboxylic acids is 4. The lowest BCUT2D eigenvalue weighted by Crippen LogP contribution is -2.51. The molecule has 2 aliphatic rings. The number of methoxy groups -OCH3 is 1. The average Bonchev–Trinajstić information content (AvgIpc) is 3.77. The SMILES string of the molecule is COc1cccc2[nH]c(C(=O)N3CCC[C@H]3C(=O)N[C@@H](C[C@@H]3CCNC3=O)C(=O)c3nc4ccccc4s3)cc12. The first-order valence-electron chi connectivity index (χ1n) is 13.4. The second-order valence-corrected chi connectivity index (χ2v) is 11.2. The van der Waals surface area contributed by atoms with Gasteiger partial charge in [-0.05, 0) is 56.0 Å². The fourth-order valence-corrected chi connectivity index (χ4v) is 6.60. The minimum absolute atomic E-state index is 0.122. The Morgan fingerprint density at radius 3 is 2.80 bits per heavy atom. The summed E-state index contributed by atoms with van der Waals surface area (Å²) in [5.41, 5.74) is 1.84. The number of Topliss-reactive ketones (excluding diaryl/α,β-unsaturated/α-hetero) is 1. The number of likely N-dealkylation sites (tertiary alicyclic amines) is 1. The molecule has 3 N–H and O–H groups in total. The smallest absolute Gasteiger partial charge is 0.270 e. The van der Waals surface area contributed by atoms with Gasteiger partial charge >= 0.3 is 0 Å². The van der Waals surface area contributed by atoms with Crippen molar-refractivity contribution in [3.8, 4) is 5.75 Å². The Bertz CT molecular complexity index is 1590. The van der Waals surface area contributed by atoms with Gasteiger partial charge in [-0.15, -0.1) is 11.3 Å². The molecule has 0 aliphatic carbocycles. The number of hydrogen-bond acceptors (Lipinski definition) is 7. The summed E-state index contributed by atoms with van der Waals surface area (Å²) in [6, 6.07) is 13.1. The molecule has 0 radical (unpaired) electrons. The number of rotatable bonds is 8. The van der Waals surface area contributed by atoms with Gasteiger partial charge in [0.1, 0.15) is 17.5 Å². The summed E-state index contributed by atoms with van der Waals surface area (Å²) in [5, 5.41) is 6.78. The molecule has 11 heteroatoms. The normalized spacial score (nSPS) is 19.6. The molecule has 10 nitrogen and oxygen atoms in total. The number of nitrogens with zero attached hydrogens (tertiary/aromatic N) is 2. The molecule has 3 amide bonds. The zero-order valence-corrected chi connectivity index (χ0v) is 22.8. The quantitative estimate of drug-likeness (QED) is 0.284. The Morgan fingerprint density at radius 1 is 1.18 bits per heavy atom. The van der Waals surface area contributed by atoms with Gasteiger partial charge in [0.2, 0.25) is 17.6 Å². The highest BCUT2D eigenvalue weighted by Crippen LogP contribution is 2.29. The molecule has 2 aromatic heterocycles. The maximum atomic E-state index is 13.7. The topological polar surface area (TPSA) is 133 Å². The number of benzene rings is 2. The molecule has 2 fully saturated rings. The number of nitrogens with one attached hydrogen (secondary N) is 3. The number of fused-ring (bicyclic) bond motifs is 2. The summed E-state index contributed by atoms with van der Waals surface area (Å²) >= 11 is 1.27. The number of carbonyl (C=O) groups is 4. The zero-order chi connectivity index (χ0) is 27.8. The summed E-state index contributed by atoms with van der Waals surface area (Å²) in [6.07, 6.45) is 1.91. The van der Waals surface area contributed by atoms with Gasteiger partial charge in [-0.25, -0.2) is 4.98 Å². The molecule has 4 aromatic rings. The van der Waals surface area contributed by atoms with E-state index in [9.17, 15) is 19.2 Å². The van der Waals surface area contributed by atoms with Crippen LogP contribution in [0.1, 0.15) is 46.0 Å². The number of aromatic amines is 1. The molecule has 2 aliphatic heterocycles. The number of H-pyrrole nitrogens is 1. The van der Waals surface area contributed by atoms with Gasteiger partial charge in [-0.3, -0.25) is 19.2 Å². The summed E-state index contributed by atoms with van der Waals surface area (Å²) in [6.45, 7) is 0.963. The number of ether oxygens (including phenoxy) is 1. The summed E-state index contributed by atoms with van der Waals surface area (Å²) in [4.78, 5) is 62.4. The van der Waals surface area contributed by atoms with Crippen LogP contribution in [-0.4, -0.2) is 70.7 Å². The molecule has 0 spiro atoms. The minimum Gasteiger partial charge on any atom is -0.496 e. The van der Waals surface area contributed by atoms with E-state index >= 15 is 0 Å². The third kappa shape index (κ3) is 4.81. The van der Waals surface area contributed by atoms with Crippen molar-refractivity contribution >= 4 is 56.0 Å². The van der Waals surface area contributed by atoms with Crippen molar-refractivity contribution in [2.45, 2.75) is 37.8 Å². The summed E-state index contributed by atoms with van der Waals surface area (Å²) in [7, 11) is 1.57. The lowest BCUT2D eigenvalue weighted by molar-refractivity contribution is -0.126. The van der Waals surface area contributed by atoms with E-state index in [1.54, 1.807) is 18.1 Å². The molecule has 3 atom stereocenters. The van der Waals surface area contributed by atoms with Crippen LogP contribution in [0.5, 0.6) is 5.75 Å². The Balaban J connectivity index is 1.24. The van der Waals surface area contributed by atoms with Crippen LogP contribution in [0.4, 0.5) is 0 Å². The number of amides is 3. The van der Waals surface area contributed by atoms with Gasteiger partial charge in [0, 0.05) is 29.9 Å². The molecule has 40 heavy (non-hydrogen) atoms. The van der Waals surface area contributed by atoms with E-state index in [1.807, 2.05) is 42.5 Å².